The molecule has 0 aliphatic carbocycles. The lowest BCUT2D eigenvalue weighted by atomic mass is 9.97. The number of hydrogen-bond donors (Lipinski definition) is 7. The zero-order valence-corrected chi connectivity index (χ0v) is 19.8. The highest BCUT2D eigenvalue weighted by Crippen LogP contribution is 2.25. The number of aromatic amines is 2. The first-order valence-electron chi connectivity index (χ1n) is 11.4. The number of nitrogens with two attached hydrogens (primary N) is 1. The summed E-state index contributed by atoms with van der Waals surface area (Å²) >= 11 is 0. The maximum atomic E-state index is 12.9. The highest BCUT2D eigenvalue weighted by atomic mass is 16.4. The average Bonchev–Trinajstić information content (AvgIpc) is 3.37. The molecule has 0 bridgehead atoms. The molecule has 37 heavy (non-hydrogen) atoms. The standard InChI is InChI=1S/C23H27N7O7/c1-10-2-14-15(3-11(10)4-16(32)13(24)5-12-6-25-9-26-12)30(7-17(33)20(35)18(34)8-31)21-19(27-14)22(36)29-23(37)28-21/h2-3,6,9,13,17-18,20,31,33-35H,4-5,7-8,24H2,1H3,(H,25,26)(H,29,36,37)/t13-,17+,18-,20+/m0/s1. The van der Waals surface area contributed by atoms with Gasteiger partial charge in [0.05, 0.1) is 36.6 Å². The summed E-state index contributed by atoms with van der Waals surface area (Å²) in [4.78, 5) is 54.3. The molecule has 0 fully saturated rings. The largest absolute Gasteiger partial charge is 0.394 e. The molecule has 4 atom stereocenters. The van der Waals surface area contributed by atoms with Gasteiger partial charge in [0, 0.05) is 24.7 Å². The highest BCUT2D eigenvalue weighted by molar-refractivity contribution is 5.88. The number of Topliss-reactive ketones (excluding diaryl/α,β-unsaturated/α-hetero) is 1. The second-order valence-corrected chi connectivity index (χ2v) is 8.87. The van der Waals surface area contributed by atoms with Crippen LogP contribution in [-0.4, -0.2) is 86.7 Å². The van der Waals surface area contributed by atoms with Crippen molar-refractivity contribution in [2.45, 2.75) is 50.7 Å². The Labute approximate surface area is 208 Å². The number of nitrogens with zero attached hydrogens (tertiary/aromatic N) is 4. The average molecular weight is 514 g/mol. The minimum Gasteiger partial charge on any atom is -0.394 e. The number of carbonyl (C=O) groups is 1. The van der Waals surface area contributed by atoms with Crippen LogP contribution < -0.4 is 17.0 Å². The summed E-state index contributed by atoms with van der Waals surface area (Å²) in [5.74, 6) is -0.404. The van der Waals surface area contributed by atoms with Crippen molar-refractivity contribution in [3.05, 3.63) is 62.3 Å². The van der Waals surface area contributed by atoms with Gasteiger partial charge in [-0.15, -0.1) is 0 Å². The molecule has 0 unspecified atom stereocenters. The molecule has 0 amide bonds. The van der Waals surface area contributed by atoms with Gasteiger partial charge in [-0.05, 0) is 30.2 Å². The number of nitrogens with one attached hydrogen (secondary N) is 2. The molecule has 8 N–H and O–H groups in total. The molecule has 2 aromatic rings. The third kappa shape index (κ3) is 5.47. The summed E-state index contributed by atoms with van der Waals surface area (Å²) < 4.78 is 1.31. The van der Waals surface area contributed by atoms with Crippen LogP contribution in [0.4, 0.5) is 0 Å². The molecule has 14 heteroatoms. The fraction of sp³-hybridized carbons (Fsp3) is 0.391. The molecule has 0 spiro atoms. The number of aliphatic hydroxyl groups excluding tert-OH is 4. The summed E-state index contributed by atoms with van der Waals surface area (Å²) in [6, 6.07) is 2.47. The Morgan fingerprint density at radius 2 is 1.92 bits per heavy atom. The fourth-order valence-electron chi connectivity index (χ4n) is 4.09. The molecule has 1 aromatic carbocycles. The van der Waals surface area contributed by atoms with Crippen LogP contribution in [0.5, 0.6) is 0 Å². The second-order valence-electron chi connectivity index (χ2n) is 8.87. The number of hydrogen-bond acceptors (Lipinski definition) is 11. The Hall–Kier alpha value is -3.82. The number of benzene rings is 1. The van der Waals surface area contributed by atoms with Crippen molar-refractivity contribution >= 4 is 16.8 Å². The number of imidazole rings is 1. The zero-order valence-electron chi connectivity index (χ0n) is 19.8. The van der Waals surface area contributed by atoms with E-state index in [1.807, 2.05) is 4.98 Å². The SMILES string of the molecule is Cc1cc2nc3c(=O)[nH]c(=O)nc-3n(C[C@@H](O)[C@@H](O)[C@@H](O)CO)c2cc1CC(=O)[C@@H](N)Cc1cnc[nH]1. The van der Waals surface area contributed by atoms with E-state index in [1.54, 1.807) is 25.3 Å². The molecule has 0 radical (unpaired) electrons. The molecule has 0 saturated heterocycles. The number of carbonyl (C=O) groups excluding carboxylic acids is 1. The van der Waals surface area contributed by atoms with Crippen molar-refractivity contribution in [3.63, 3.8) is 0 Å². The molecule has 0 saturated carbocycles. The number of fused-ring (bicyclic) bond motifs is 2. The van der Waals surface area contributed by atoms with E-state index in [0.717, 1.165) is 0 Å². The van der Waals surface area contributed by atoms with E-state index >= 15 is 0 Å². The molecule has 1 aromatic heterocycles. The number of aryl methyl sites for hydroxylation is 1. The van der Waals surface area contributed by atoms with E-state index in [-0.39, 0.29) is 30.1 Å². The van der Waals surface area contributed by atoms with E-state index in [1.165, 1.54) is 10.9 Å². The summed E-state index contributed by atoms with van der Waals surface area (Å²) in [6.45, 7) is 0.547. The fourth-order valence-corrected chi connectivity index (χ4v) is 4.09. The third-order valence-electron chi connectivity index (χ3n) is 6.18. The van der Waals surface area contributed by atoms with Gasteiger partial charge in [-0.25, -0.2) is 14.8 Å². The summed E-state index contributed by atoms with van der Waals surface area (Å²) in [6.07, 6.45) is -1.67. The second kappa shape index (κ2) is 10.7. The molecule has 2 aliphatic heterocycles. The van der Waals surface area contributed by atoms with E-state index < -0.39 is 48.8 Å². The molecular weight excluding hydrogens is 486 g/mol. The lowest BCUT2D eigenvalue weighted by molar-refractivity contribution is -0.119. The minimum atomic E-state index is -1.74. The third-order valence-corrected chi connectivity index (χ3v) is 6.18. The van der Waals surface area contributed by atoms with Crippen LogP contribution in [0, 0.1) is 6.92 Å². The van der Waals surface area contributed by atoms with Gasteiger partial charge in [0.2, 0.25) is 0 Å². The van der Waals surface area contributed by atoms with Gasteiger partial charge in [-0.3, -0.25) is 14.6 Å². The van der Waals surface area contributed by atoms with Crippen molar-refractivity contribution in [3.8, 4) is 11.5 Å². The first-order chi connectivity index (χ1) is 17.6. The molecule has 4 rings (SSSR count). The zero-order chi connectivity index (χ0) is 26.9. The summed E-state index contributed by atoms with van der Waals surface area (Å²) in [5, 5.41) is 39.6. The van der Waals surface area contributed by atoms with Crippen molar-refractivity contribution < 1.29 is 25.2 Å². The van der Waals surface area contributed by atoms with E-state index in [4.69, 9.17) is 10.8 Å². The first kappa shape index (κ1) is 26.2. The van der Waals surface area contributed by atoms with Gasteiger partial charge < -0.3 is 35.7 Å². The Kier molecular flexibility index (Phi) is 7.56. The van der Waals surface area contributed by atoms with Crippen molar-refractivity contribution in [1.82, 2.24) is 29.5 Å². The predicted molar refractivity (Wildman–Crippen MR) is 130 cm³/mol. The van der Waals surface area contributed by atoms with Gasteiger partial charge in [0.1, 0.15) is 18.3 Å². The Morgan fingerprint density at radius 3 is 2.59 bits per heavy atom. The molecule has 14 nitrogen and oxygen atoms in total. The quantitative estimate of drug-likeness (QED) is 0.108. The molecule has 2 aliphatic rings. The Bertz CT molecular complexity index is 1500. The number of aromatic nitrogens is 6. The van der Waals surface area contributed by atoms with Crippen LogP contribution in [0.1, 0.15) is 16.8 Å². The smallest absolute Gasteiger partial charge is 0.349 e. The molecular formula is C23H27N7O7. The van der Waals surface area contributed by atoms with Gasteiger partial charge in [-0.2, -0.15) is 4.98 Å². The van der Waals surface area contributed by atoms with Crippen LogP contribution >= 0.6 is 0 Å². The maximum absolute atomic E-state index is 12.9. The van der Waals surface area contributed by atoms with Crippen molar-refractivity contribution in [1.29, 1.82) is 0 Å². The lowest BCUT2D eigenvalue weighted by Gasteiger charge is -2.25. The Balaban J connectivity index is 1.79. The summed E-state index contributed by atoms with van der Waals surface area (Å²) in [5.41, 5.74) is 6.79. The van der Waals surface area contributed by atoms with Crippen molar-refractivity contribution in [2.75, 3.05) is 6.61 Å². The number of rotatable bonds is 10. The summed E-state index contributed by atoms with van der Waals surface area (Å²) in [7, 11) is 0. The van der Waals surface area contributed by atoms with Crippen molar-refractivity contribution in [2.24, 2.45) is 5.73 Å². The van der Waals surface area contributed by atoms with Gasteiger partial charge in [-0.1, -0.05) is 0 Å². The van der Waals surface area contributed by atoms with E-state index in [0.29, 0.717) is 27.9 Å². The van der Waals surface area contributed by atoms with Gasteiger partial charge in [0.25, 0.3) is 5.56 Å². The van der Waals surface area contributed by atoms with E-state index in [2.05, 4.69) is 19.9 Å². The van der Waals surface area contributed by atoms with Gasteiger partial charge >= 0.3 is 5.69 Å². The monoisotopic (exact) mass is 513 g/mol. The normalized spacial score (nSPS) is 15.1. The van der Waals surface area contributed by atoms with Crippen LogP contribution in [-0.2, 0) is 24.2 Å². The maximum Gasteiger partial charge on any atom is 0.349 e. The molecule has 3 heterocycles. The number of ketones is 1. The van der Waals surface area contributed by atoms with Gasteiger partial charge in [0.15, 0.2) is 17.3 Å². The minimum absolute atomic E-state index is 0.0286. The lowest BCUT2D eigenvalue weighted by Crippen LogP contribution is -2.42. The van der Waals surface area contributed by atoms with Crippen LogP contribution in [0.15, 0.2) is 34.2 Å². The van der Waals surface area contributed by atoms with Crippen LogP contribution in [0.3, 0.4) is 0 Å². The first-order valence-corrected chi connectivity index (χ1v) is 11.4. The van der Waals surface area contributed by atoms with Crippen LogP contribution in [0.2, 0.25) is 0 Å². The highest BCUT2D eigenvalue weighted by Gasteiger charge is 2.28. The number of H-pyrrole nitrogens is 2. The predicted octanol–water partition coefficient (Wildman–Crippen LogP) is -2.63. The van der Waals surface area contributed by atoms with E-state index in [9.17, 15) is 29.7 Å². The topological polar surface area (TPSA) is 233 Å². The molecule has 196 valence electrons. The Morgan fingerprint density at radius 1 is 1.16 bits per heavy atom. The number of aliphatic hydroxyl groups is 4. The van der Waals surface area contributed by atoms with Crippen LogP contribution in [0.25, 0.3) is 22.6 Å².